The van der Waals surface area contributed by atoms with Crippen LogP contribution in [-0.4, -0.2) is 11.6 Å². The summed E-state index contributed by atoms with van der Waals surface area (Å²) in [6.45, 7) is 3.97. The fourth-order valence-electron chi connectivity index (χ4n) is 1.91. The minimum absolute atomic E-state index is 0.192. The molecule has 3 heteroatoms. The molecule has 0 radical (unpaired) electrons. The minimum Gasteiger partial charge on any atom is -0.429 e. The molecule has 0 saturated carbocycles. The van der Waals surface area contributed by atoms with E-state index in [2.05, 4.69) is 12.5 Å². The zero-order chi connectivity index (χ0) is 13.0. The van der Waals surface area contributed by atoms with Crippen molar-refractivity contribution in [1.29, 1.82) is 0 Å². The van der Waals surface area contributed by atoms with Crippen LogP contribution in [0.1, 0.15) is 18.4 Å². The van der Waals surface area contributed by atoms with Crippen LogP contribution in [0.25, 0.3) is 0 Å². The predicted molar refractivity (Wildman–Crippen MR) is 67.3 cm³/mol. The van der Waals surface area contributed by atoms with Crippen LogP contribution in [0.4, 0.5) is 0 Å². The molecule has 1 fully saturated rings. The molecule has 1 unspecified atom stereocenters. The van der Waals surface area contributed by atoms with Crippen molar-refractivity contribution in [2.24, 2.45) is 0 Å². The lowest BCUT2D eigenvalue weighted by Gasteiger charge is -2.22. The molecule has 18 heavy (non-hydrogen) atoms. The van der Waals surface area contributed by atoms with Gasteiger partial charge in [0.15, 0.2) is 5.60 Å². The fourth-order valence-corrected chi connectivity index (χ4v) is 1.91. The summed E-state index contributed by atoms with van der Waals surface area (Å²) in [5.41, 5.74) is -0.0824. The maximum atomic E-state index is 11.8. The van der Waals surface area contributed by atoms with Gasteiger partial charge in [0.25, 0.3) is 0 Å². The number of hydrogen-bond donors (Lipinski definition) is 0. The Balaban J connectivity index is 2.11. The third-order valence-electron chi connectivity index (χ3n) is 2.84. The topological polar surface area (TPSA) is 35.5 Å². The Morgan fingerprint density at radius 3 is 2.72 bits per heavy atom. The van der Waals surface area contributed by atoms with Crippen molar-refractivity contribution >= 4 is 5.97 Å². The van der Waals surface area contributed by atoms with Gasteiger partial charge in [0.2, 0.25) is 0 Å². The highest BCUT2D eigenvalue weighted by Gasteiger charge is 2.47. The summed E-state index contributed by atoms with van der Waals surface area (Å²) in [4.78, 5) is 11.8. The Hall–Kier alpha value is -2.05. The summed E-state index contributed by atoms with van der Waals surface area (Å²) in [7, 11) is 0. The van der Waals surface area contributed by atoms with Crippen molar-refractivity contribution in [2.75, 3.05) is 0 Å². The van der Waals surface area contributed by atoms with Crippen molar-refractivity contribution in [2.45, 2.75) is 25.0 Å². The number of hydrogen-bond acceptors (Lipinski definition) is 3. The van der Waals surface area contributed by atoms with Gasteiger partial charge < -0.3 is 9.47 Å². The molecule has 1 aliphatic rings. The molecule has 2 rings (SSSR count). The molecule has 1 atom stereocenters. The zero-order valence-electron chi connectivity index (χ0n) is 10.0. The fraction of sp³-hybridized carbons (Fsp3) is 0.267. The molecule has 92 valence electrons. The van der Waals surface area contributed by atoms with Gasteiger partial charge in [-0.05, 0) is 5.56 Å². The van der Waals surface area contributed by atoms with E-state index in [9.17, 15) is 4.79 Å². The first-order valence-electron chi connectivity index (χ1n) is 5.68. The SMILES string of the molecule is C#CCC1(OCc2ccccc2)CC(=C)OC1=O. The van der Waals surface area contributed by atoms with Crippen LogP contribution in [0.5, 0.6) is 0 Å². The lowest BCUT2D eigenvalue weighted by Crippen LogP contribution is -2.37. The van der Waals surface area contributed by atoms with E-state index in [-0.39, 0.29) is 6.42 Å². The number of terminal acetylenes is 1. The van der Waals surface area contributed by atoms with Gasteiger partial charge in [0.1, 0.15) is 5.76 Å². The van der Waals surface area contributed by atoms with Crippen LogP contribution < -0.4 is 0 Å². The lowest BCUT2D eigenvalue weighted by atomic mass is 9.97. The van der Waals surface area contributed by atoms with E-state index in [1.54, 1.807) is 0 Å². The molecule has 1 aliphatic heterocycles. The van der Waals surface area contributed by atoms with Crippen LogP contribution in [0, 0.1) is 12.3 Å². The summed E-state index contributed by atoms with van der Waals surface area (Å²) >= 11 is 0. The van der Waals surface area contributed by atoms with Crippen molar-refractivity contribution in [1.82, 2.24) is 0 Å². The lowest BCUT2D eigenvalue weighted by molar-refractivity contribution is -0.158. The Labute approximate surface area is 106 Å². The third-order valence-corrected chi connectivity index (χ3v) is 2.84. The van der Waals surface area contributed by atoms with Crippen molar-refractivity contribution in [3.8, 4) is 12.3 Å². The van der Waals surface area contributed by atoms with E-state index in [0.717, 1.165) is 5.56 Å². The molecule has 1 heterocycles. The van der Waals surface area contributed by atoms with E-state index in [1.807, 2.05) is 30.3 Å². The maximum absolute atomic E-state index is 11.8. The number of ether oxygens (including phenoxy) is 2. The molecule has 0 bridgehead atoms. The van der Waals surface area contributed by atoms with E-state index < -0.39 is 11.6 Å². The molecule has 0 spiro atoms. The number of esters is 1. The van der Waals surface area contributed by atoms with Gasteiger partial charge in [-0.1, -0.05) is 36.9 Å². The van der Waals surface area contributed by atoms with Crippen molar-refractivity contribution in [3.63, 3.8) is 0 Å². The van der Waals surface area contributed by atoms with Gasteiger partial charge in [0, 0.05) is 12.8 Å². The van der Waals surface area contributed by atoms with Crippen LogP contribution in [0.2, 0.25) is 0 Å². The third kappa shape index (κ3) is 2.44. The summed E-state index contributed by atoms with van der Waals surface area (Å²) in [6.07, 6.45) is 5.82. The highest BCUT2D eigenvalue weighted by molar-refractivity contribution is 5.84. The second-order valence-corrected chi connectivity index (χ2v) is 4.25. The first kappa shape index (κ1) is 12.4. The Kier molecular flexibility index (Phi) is 3.50. The van der Waals surface area contributed by atoms with Gasteiger partial charge in [-0.3, -0.25) is 0 Å². The molecule has 0 amide bonds. The van der Waals surface area contributed by atoms with Crippen LogP contribution in [-0.2, 0) is 20.9 Å². The molecule has 3 nitrogen and oxygen atoms in total. The zero-order valence-corrected chi connectivity index (χ0v) is 10.0. The average molecular weight is 242 g/mol. The molecule has 0 N–H and O–H groups in total. The molecular weight excluding hydrogens is 228 g/mol. The number of carbonyl (C=O) groups is 1. The molecule has 0 aromatic heterocycles. The highest BCUT2D eigenvalue weighted by atomic mass is 16.6. The van der Waals surface area contributed by atoms with Crippen molar-refractivity contribution < 1.29 is 14.3 Å². The van der Waals surface area contributed by atoms with Crippen molar-refractivity contribution in [3.05, 3.63) is 48.2 Å². The molecule has 1 aromatic carbocycles. The van der Waals surface area contributed by atoms with E-state index in [1.165, 1.54) is 0 Å². The van der Waals surface area contributed by atoms with Gasteiger partial charge in [-0.2, -0.15) is 0 Å². The predicted octanol–water partition coefficient (Wildman–Crippen LogP) is 2.43. The van der Waals surface area contributed by atoms with E-state index in [4.69, 9.17) is 15.9 Å². The molecule has 1 saturated heterocycles. The normalized spacial score (nSPS) is 22.6. The minimum atomic E-state index is -1.07. The summed E-state index contributed by atoms with van der Waals surface area (Å²) in [5, 5.41) is 0. The average Bonchev–Trinajstić information content (AvgIpc) is 2.64. The molecule has 0 aliphatic carbocycles. The van der Waals surface area contributed by atoms with Gasteiger partial charge >= 0.3 is 5.97 Å². The summed E-state index contributed by atoms with van der Waals surface area (Å²) in [6, 6.07) is 9.61. The highest BCUT2D eigenvalue weighted by Crippen LogP contribution is 2.34. The maximum Gasteiger partial charge on any atom is 0.344 e. The second kappa shape index (κ2) is 5.07. The summed E-state index contributed by atoms with van der Waals surface area (Å²) < 4.78 is 10.7. The van der Waals surface area contributed by atoms with E-state index >= 15 is 0 Å². The first-order chi connectivity index (χ1) is 8.66. The van der Waals surface area contributed by atoms with Crippen LogP contribution in [0.3, 0.4) is 0 Å². The van der Waals surface area contributed by atoms with Crippen LogP contribution >= 0.6 is 0 Å². The quantitative estimate of drug-likeness (QED) is 0.601. The second-order valence-electron chi connectivity index (χ2n) is 4.25. The van der Waals surface area contributed by atoms with Gasteiger partial charge in [-0.25, -0.2) is 4.79 Å². The number of benzene rings is 1. The Bertz CT molecular complexity index is 498. The standard InChI is InChI=1S/C15H14O3/c1-3-9-15(10-12(2)18-14(15)16)17-11-13-7-5-4-6-8-13/h1,4-8H,2,9-11H2. The summed E-state index contributed by atoms with van der Waals surface area (Å²) in [5.74, 6) is 2.43. The van der Waals surface area contributed by atoms with Gasteiger partial charge in [-0.15, -0.1) is 12.3 Å². The Morgan fingerprint density at radius 1 is 1.44 bits per heavy atom. The smallest absolute Gasteiger partial charge is 0.344 e. The van der Waals surface area contributed by atoms with Crippen LogP contribution in [0.15, 0.2) is 42.7 Å². The Morgan fingerprint density at radius 2 is 2.17 bits per heavy atom. The first-order valence-corrected chi connectivity index (χ1v) is 5.68. The largest absolute Gasteiger partial charge is 0.429 e. The number of rotatable bonds is 4. The molecular formula is C15H14O3. The molecule has 1 aromatic rings. The monoisotopic (exact) mass is 242 g/mol. The number of carbonyl (C=O) groups excluding carboxylic acids is 1. The van der Waals surface area contributed by atoms with Gasteiger partial charge in [0.05, 0.1) is 6.61 Å². The number of cyclic esters (lactones) is 1. The van der Waals surface area contributed by atoms with E-state index in [0.29, 0.717) is 18.8 Å².